The zero-order valence-electron chi connectivity index (χ0n) is 13.6. The van der Waals surface area contributed by atoms with Crippen molar-refractivity contribution >= 4 is 11.7 Å². The maximum absolute atomic E-state index is 12.4. The van der Waals surface area contributed by atoms with Crippen molar-refractivity contribution in [3.8, 4) is 0 Å². The number of nitrogens with zero attached hydrogens (tertiary/aromatic N) is 3. The minimum Gasteiger partial charge on any atom is -0.339 e. The number of carbonyl (C=O) groups excluding carboxylic acids is 1. The Labute approximate surface area is 141 Å². The molecule has 0 radical (unpaired) electrons. The number of likely N-dealkylation sites (tertiary alicyclic amines) is 1. The number of piperidine rings is 1. The van der Waals surface area contributed by atoms with Crippen LogP contribution in [0.3, 0.4) is 0 Å². The summed E-state index contributed by atoms with van der Waals surface area (Å²) in [5.41, 5.74) is 0.829. The normalized spacial score (nSPS) is 20.8. The minimum absolute atomic E-state index is 0.0323. The second-order valence-corrected chi connectivity index (χ2v) is 6.78. The van der Waals surface area contributed by atoms with E-state index in [1.165, 1.54) is 12.8 Å². The quantitative estimate of drug-likeness (QED) is 0.934. The Kier molecular flexibility index (Phi) is 4.19. The van der Waals surface area contributed by atoms with Gasteiger partial charge in [0.15, 0.2) is 5.82 Å². The third-order valence-electron chi connectivity index (χ3n) is 4.72. The van der Waals surface area contributed by atoms with E-state index in [0.717, 1.165) is 43.9 Å². The van der Waals surface area contributed by atoms with E-state index in [-0.39, 0.29) is 6.03 Å². The molecule has 1 aromatic carbocycles. The average Bonchev–Trinajstić information content (AvgIpc) is 3.36. The van der Waals surface area contributed by atoms with Crippen molar-refractivity contribution in [3.05, 3.63) is 42.0 Å². The fourth-order valence-corrected chi connectivity index (χ4v) is 3.25. The summed E-state index contributed by atoms with van der Waals surface area (Å²) >= 11 is 0. The number of hydrogen-bond acceptors (Lipinski definition) is 4. The summed E-state index contributed by atoms with van der Waals surface area (Å²) in [5, 5.41) is 7.03. The highest BCUT2D eigenvalue weighted by molar-refractivity contribution is 5.89. The van der Waals surface area contributed by atoms with Gasteiger partial charge in [0.25, 0.3) is 0 Å². The van der Waals surface area contributed by atoms with Gasteiger partial charge in [0.2, 0.25) is 5.89 Å². The van der Waals surface area contributed by atoms with Gasteiger partial charge in [-0.15, -0.1) is 0 Å². The highest BCUT2D eigenvalue weighted by Gasteiger charge is 2.30. The third kappa shape index (κ3) is 3.58. The molecule has 2 aliphatic rings. The van der Waals surface area contributed by atoms with Crippen LogP contribution in [-0.2, 0) is 6.42 Å². The molecule has 2 amide bonds. The van der Waals surface area contributed by atoms with Crippen molar-refractivity contribution in [2.45, 2.75) is 38.0 Å². The van der Waals surface area contributed by atoms with Gasteiger partial charge in [-0.2, -0.15) is 4.98 Å². The van der Waals surface area contributed by atoms with Gasteiger partial charge in [0, 0.05) is 31.1 Å². The average molecular weight is 326 g/mol. The summed E-state index contributed by atoms with van der Waals surface area (Å²) in [5.74, 6) is 2.47. The Bertz CT molecular complexity index is 696. The van der Waals surface area contributed by atoms with E-state index in [2.05, 4.69) is 15.5 Å². The highest BCUT2D eigenvalue weighted by Crippen LogP contribution is 2.38. The van der Waals surface area contributed by atoms with Gasteiger partial charge in [0.1, 0.15) is 0 Å². The number of anilines is 1. The summed E-state index contributed by atoms with van der Waals surface area (Å²) in [6.07, 6.45) is 5.22. The molecule has 0 spiro atoms. The van der Waals surface area contributed by atoms with Gasteiger partial charge < -0.3 is 14.7 Å². The Morgan fingerprint density at radius 2 is 2.08 bits per heavy atom. The SMILES string of the molecule is O=C(Nc1ccccc1)N1CCCC(Cc2nc(C3CC3)no2)C1. The second kappa shape index (κ2) is 6.63. The van der Waals surface area contributed by atoms with Gasteiger partial charge >= 0.3 is 6.03 Å². The van der Waals surface area contributed by atoms with Gasteiger partial charge in [0.05, 0.1) is 0 Å². The molecular formula is C18H22N4O2. The smallest absolute Gasteiger partial charge is 0.321 e. The minimum atomic E-state index is -0.0323. The van der Waals surface area contributed by atoms with Gasteiger partial charge in [-0.05, 0) is 43.7 Å². The van der Waals surface area contributed by atoms with Gasteiger partial charge in [-0.25, -0.2) is 4.79 Å². The Balaban J connectivity index is 1.33. The molecule has 24 heavy (non-hydrogen) atoms. The molecule has 2 heterocycles. The number of benzene rings is 1. The van der Waals surface area contributed by atoms with Crippen molar-refractivity contribution in [1.82, 2.24) is 15.0 Å². The number of urea groups is 1. The lowest BCUT2D eigenvalue weighted by Gasteiger charge is -2.32. The first kappa shape index (κ1) is 15.2. The Hall–Kier alpha value is -2.37. The highest BCUT2D eigenvalue weighted by atomic mass is 16.5. The second-order valence-electron chi connectivity index (χ2n) is 6.78. The molecule has 6 nitrogen and oxygen atoms in total. The molecule has 1 aliphatic heterocycles. The molecular weight excluding hydrogens is 304 g/mol. The maximum atomic E-state index is 12.4. The number of rotatable bonds is 4. The lowest BCUT2D eigenvalue weighted by molar-refractivity contribution is 0.173. The number of hydrogen-bond donors (Lipinski definition) is 1. The monoisotopic (exact) mass is 326 g/mol. The molecule has 1 atom stereocenters. The number of carbonyl (C=O) groups is 1. The number of nitrogens with one attached hydrogen (secondary N) is 1. The maximum Gasteiger partial charge on any atom is 0.321 e. The van der Waals surface area contributed by atoms with E-state index >= 15 is 0 Å². The van der Waals surface area contributed by atoms with Crippen LogP contribution in [0.2, 0.25) is 0 Å². The molecule has 1 saturated heterocycles. The topological polar surface area (TPSA) is 71.3 Å². The van der Waals surface area contributed by atoms with Crippen LogP contribution >= 0.6 is 0 Å². The molecule has 1 aromatic heterocycles. The first-order valence-corrected chi connectivity index (χ1v) is 8.71. The fraction of sp³-hybridized carbons (Fsp3) is 0.500. The van der Waals surface area contributed by atoms with E-state index in [4.69, 9.17) is 4.52 Å². The molecule has 126 valence electrons. The lowest BCUT2D eigenvalue weighted by Crippen LogP contribution is -2.42. The van der Waals surface area contributed by atoms with Crippen LogP contribution in [0.15, 0.2) is 34.9 Å². The van der Waals surface area contributed by atoms with Crippen LogP contribution in [0, 0.1) is 5.92 Å². The number of para-hydroxylation sites is 1. The zero-order valence-corrected chi connectivity index (χ0v) is 13.6. The predicted octanol–water partition coefficient (Wildman–Crippen LogP) is 3.43. The van der Waals surface area contributed by atoms with Crippen molar-refractivity contribution in [1.29, 1.82) is 0 Å². The summed E-state index contributed by atoms with van der Waals surface area (Å²) in [6, 6.07) is 9.54. The van der Waals surface area contributed by atoms with Crippen LogP contribution < -0.4 is 5.32 Å². The van der Waals surface area contributed by atoms with Crippen molar-refractivity contribution < 1.29 is 9.32 Å². The van der Waals surface area contributed by atoms with E-state index in [1.807, 2.05) is 35.2 Å². The summed E-state index contributed by atoms with van der Waals surface area (Å²) in [6.45, 7) is 1.53. The standard InChI is InChI=1S/C18H22N4O2/c23-18(19-15-6-2-1-3-7-15)22-10-4-5-13(12-22)11-16-20-17(21-24-16)14-8-9-14/h1-3,6-7,13-14H,4-5,8-12H2,(H,19,23). The first-order valence-electron chi connectivity index (χ1n) is 8.71. The van der Waals surface area contributed by atoms with E-state index in [1.54, 1.807) is 0 Å². The first-order chi connectivity index (χ1) is 11.8. The van der Waals surface area contributed by atoms with Crippen LogP contribution in [0.4, 0.5) is 10.5 Å². The molecule has 1 N–H and O–H groups in total. The largest absolute Gasteiger partial charge is 0.339 e. The van der Waals surface area contributed by atoms with Crippen molar-refractivity contribution in [3.63, 3.8) is 0 Å². The van der Waals surface area contributed by atoms with Gasteiger partial charge in [-0.1, -0.05) is 23.4 Å². The molecule has 0 bridgehead atoms. The Morgan fingerprint density at radius 3 is 2.88 bits per heavy atom. The third-order valence-corrected chi connectivity index (χ3v) is 4.72. The van der Waals surface area contributed by atoms with E-state index in [0.29, 0.717) is 17.7 Å². The summed E-state index contributed by atoms with van der Waals surface area (Å²) in [7, 11) is 0. The molecule has 1 aliphatic carbocycles. The molecule has 1 saturated carbocycles. The predicted molar refractivity (Wildman–Crippen MR) is 89.7 cm³/mol. The van der Waals surface area contributed by atoms with Crippen molar-refractivity contribution in [2.75, 3.05) is 18.4 Å². The molecule has 2 aromatic rings. The number of aromatic nitrogens is 2. The van der Waals surface area contributed by atoms with Crippen molar-refractivity contribution in [2.24, 2.45) is 5.92 Å². The van der Waals surface area contributed by atoms with E-state index in [9.17, 15) is 4.79 Å². The van der Waals surface area contributed by atoms with Crippen LogP contribution in [0.5, 0.6) is 0 Å². The summed E-state index contributed by atoms with van der Waals surface area (Å²) < 4.78 is 5.38. The van der Waals surface area contributed by atoms with E-state index < -0.39 is 0 Å². The molecule has 4 rings (SSSR count). The summed E-state index contributed by atoms with van der Waals surface area (Å²) in [4.78, 5) is 18.8. The fourth-order valence-electron chi connectivity index (χ4n) is 3.25. The van der Waals surface area contributed by atoms with Gasteiger partial charge in [-0.3, -0.25) is 0 Å². The zero-order chi connectivity index (χ0) is 16.4. The van der Waals surface area contributed by atoms with Crippen LogP contribution in [0.1, 0.15) is 43.3 Å². The van der Waals surface area contributed by atoms with Crippen LogP contribution in [0.25, 0.3) is 0 Å². The Morgan fingerprint density at radius 1 is 1.25 bits per heavy atom. The number of amides is 2. The molecule has 2 fully saturated rings. The molecule has 6 heteroatoms. The van der Waals surface area contributed by atoms with Crippen LogP contribution in [-0.4, -0.2) is 34.2 Å². The molecule has 1 unspecified atom stereocenters. The lowest BCUT2D eigenvalue weighted by atomic mass is 9.95.